The lowest BCUT2D eigenvalue weighted by atomic mass is 10.2. The molecule has 0 unspecified atom stereocenters. The summed E-state index contributed by atoms with van der Waals surface area (Å²) in [6.07, 6.45) is -1.76. The van der Waals surface area contributed by atoms with Gasteiger partial charge in [0.1, 0.15) is 0 Å². The number of aromatic nitrogens is 3. The van der Waals surface area contributed by atoms with Gasteiger partial charge in [0.15, 0.2) is 17.3 Å². The van der Waals surface area contributed by atoms with Gasteiger partial charge >= 0.3 is 6.18 Å². The van der Waals surface area contributed by atoms with E-state index in [0.717, 1.165) is 11.3 Å². The molecule has 0 atom stereocenters. The van der Waals surface area contributed by atoms with Gasteiger partial charge in [-0.3, -0.25) is 14.7 Å². The topological polar surface area (TPSA) is 60.4 Å². The van der Waals surface area contributed by atoms with E-state index in [9.17, 15) is 13.2 Å². The lowest BCUT2D eigenvalue weighted by Gasteiger charge is -2.18. The van der Waals surface area contributed by atoms with E-state index in [1.54, 1.807) is 12.1 Å². The fourth-order valence-electron chi connectivity index (χ4n) is 1.56. The van der Waals surface area contributed by atoms with Crippen LogP contribution in [0.1, 0.15) is 5.69 Å². The molecule has 2 aromatic heterocycles. The van der Waals surface area contributed by atoms with Crippen LogP contribution in [0.3, 0.4) is 0 Å². The molecule has 0 aliphatic carbocycles. The lowest BCUT2D eigenvalue weighted by molar-refractivity contribution is -0.141. The van der Waals surface area contributed by atoms with Crippen LogP contribution < -0.4 is 5.23 Å². The zero-order chi connectivity index (χ0) is 15.5. The fourth-order valence-corrected chi connectivity index (χ4v) is 1.56. The number of rotatable bonds is 4. The molecule has 0 saturated carbocycles. The van der Waals surface area contributed by atoms with E-state index < -0.39 is 11.9 Å². The Morgan fingerprint density at radius 3 is 2.38 bits per heavy atom. The lowest BCUT2D eigenvalue weighted by Crippen LogP contribution is -2.22. The molecule has 0 N–H and O–H groups in total. The minimum atomic E-state index is -4.62. The van der Waals surface area contributed by atoms with Crippen molar-refractivity contribution in [2.75, 3.05) is 19.4 Å². The van der Waals surface area contributed by atoms with Gasteiger partial charge in [-0.25, -0.2) is 9.97 Å². The van der Waals surface area contributed by atoms with Crippen LogP contribution in [0.2, 0.25) is 0 Å². The van der Waals surface area contributed by atoms with Crippen molar-refractivity contribution in [1.82, 2.24) is 15.0 Å². The monoisotopic (exact) mass is 300 g/mol. The summed E-state index contributed by atoms with van der Waals surface area (Å²) in [5, 5.41) is 0.747. The van der Waals surface area contributed by atoms with E-state index in [-0.39, 0.29) is 11.6 Å². The molecule has 0 spiro atoms. The number of pyridine rings is 1. The summed E-state index contributed by atoms with van der Waals surface area (Å²) < 4.78 is 38.8. The smallest absolute Gasteiger partial charge is 0.264 e. The number of hydrogen-bond donors (Lipinski definition) is 0. The minimum Gasteiger partial charge on any atom is -0.264 e. The number of nitrogens with zero attached hydrogens (tertiary/aromatic N) is 4. The zero-order valence-corrected chi connectivity index (χ0v) is 11.1. The van der Waals surface area contributed by atoms with Gasteiger partial charge in [0.2, 0.25) is 0 Å². The second-order valence-corrected chi connectivity index (χ2v) is 3.80. The highest BCUT2D eigenvalue weighted by Gasteiger charge is 2.34. The van der Waals surface area contributed by atoms with Crippen molar-refractivity contribution >= 4 is 5.82 Å². The number of hydrogen-bond acceptors (Lipinski definition) is 6. The number of anilines is 1. The maximum absolute atomic E-state index is 12.9. The van der Waals surface area contributed by atoms with E-state index in [2.05, 4.69) is 15.0 Å². The zero-order valence-electron chi connectivity index (χ0n) is 11.1. The molecule has 6 nitrogen and oxygen atoms in total. The Labute approximate surface area is 118 Å². The van der Waals surface area contributed by atoms with Gasteiger partial charge in [0.25, 0.3) is 0 Å². The third-order valence-electron chi connectivity index (χ3n) is 2.44. The molecular weight excluding hydrogens is 289 g/mol. The van der Waals surface area contributed by atoms with E-state index in [1.165, 1.54) is 26.6 Å². The van der Waals surface area contributed by atoms with Crippen molar-refractivity contribution in [2.45, 2.75) is 6.18 Å². The summed E-state index contributed by atoms with van der Waals surface area (Å²) in [5.41, 5.74) is -0.762. The van der Waals surface area contributed by atoms with E-state index in [1.807, 2.05) is 0 Å². The molecule has 21 heavy (non-hydrogen) atoms. The average Bonchev–Trinajstić information content (AvgIpc) is 2.48. The first-order valence-corrected chi connectivity index (χ1v) is 5.70. The van der Waals surface area contributed by atoms with E-state index in [4.69, 9.17) is 9.68 Å². The normalized spacial score (nSPS) is 11.5. The molecule has 0 radical (unpaired) electrons. The Morgan fingerprint density at radius 1 is 1.14 bits per heavy atom. The fraction of sp³-hybridized carbons (Fsp3) is 0.250. The predicted octanol–water partition coefficient (Wildman–Crippen LogP) is 2.49. The van der Waals surface area contributed by atoms with Crippen LogP contribution in [-0.2, 0) is 15.9 Å². The summed E-state index contributed by atoms with van der Waals surface area (Å²) in [6, 6.07) is 3.85. The van der Waals surface area contributed by atoms with Gasteiger partial charge in [0.05, 0.1) is 14.2 Å². The molecule has 0 amide bonds. The molecule has 2 heterocycles. The van der Waals surface area contributed by atoms with Crippen molar-refractivity contribution in [3.8, 4) is 11.4 Å². The molecule has 112 valence electrons. The van der Waals surface area contributed by atoms with Crippen LogP contribution in [0, 0.1) is 0 Å². The van der Waals surface area contributed by atoms with Crippen LogP contribution in [0.25, 0.3) is 11.4 Å². The Bertz CT molecular complexity index is 603. The molecule has 2 aromatic rings. The SMILES string of the molecule is CON(OC)c1cc(C(F)(F)F)nc(-c2cccnc2)n1. The maximum atomic E-state index is 12.9. The van der Waals surface area contributed by atoms with Crippen molar-refractivity contribution in [3.63, 3.8) is 0 Å². The highest BCUT2D eigenvalue weighted by molar-refractivity contribution is 5.56. The summed E-state index contributed by atoms with van der Waals surface area (Å²) in [4.78, 5) is 20.9. The van der Waals surface area contributed by atoms with Crippen LogP contribution >= 0.6 is 0 Å². The van der Waals surface area contributed by atoms with E-state index in [0.29, 0.717) is 5.56 Å². The van der Waals surface area contributed by atoms with Crippen molar-refractivity contribution in [3.05, 3.63) is 36.3 Å². The summed E-state index contributed by atoms with van der Waals surface area (Å²) in [7, 11) is 2.48. The summed E-state index contributed by atoms with van der Waals surface area (Å²) in [6.45, 7) is 0. The Balaban J connectivity index is 2.58. The first-order chi connectivity index (χ1) is 9.95. The Morgan fingerprint density at radius 2 is 1.86 bits per heavy atom. The van der Waals surface area contributed by atoms with Crippen molar-refractivity contribution in [2.24, 2.45) is 0 Å². The van der Waals surface area contributed by atoms with Crippen LogP contribution in [-0.4, -0.2) is 29.2 Å². The van der Waals surface area contributed by atoms with Crippen molar-refractivity contribution < 1.29 is 22.8 Å². The second kappa shape index (κ2) is 6.02. The summed E-state index contributed by atoms with van der Waals surface area (Å²) >= 11 is 0. The van der Waals surface area contributed by atoms with Gasteiger partial charge in [-0.1, -0.05) is 0 Å². The molecule has 2 rings (SSSR count). The standard InChI is InChI=1S/C12H11F3N4O2/c1-20-19(21-2)10-6-9(12(13,14)15)17-11(18-10)8-4-3-5-16-7-8/h3-7H,1-2H3. The molecule has 0 fully saturated rings. The van der Waals surface area contributed by atoms with Crippen LogP contribution in [0.5, 0.6) is 0 Å². The van der Waals surface area contributed by atoms with Gasteiger partial charge in [-0.05, 0) is 12.1 Å². The first-order valence-electron chi connectivity index (χ1n) is 5.70. The number of halogens is 3. The van der Waals surface area contributed by atoms with Crippen LogP contribution in [0.15, 0.2) is 30.6 Å². The van der Waals surface area contributed by atoms with Gasteiger partial charge in [-0.15, -0.1) is 5.23 Å². The Kier molecular flexibility index (Phi) is 4.34. The van der Waals surface area contributed by atoms with Crippen LogP contribution in [0.4, 0.5) is 19.0 Å². The quantitative estimate of drug-likeness (QED) is 0.808. The molecule has 0 aliphatic rings. The maximum Gasteiger partial charge on any atom is 0.433 e. The van der Waals surface area contributed by atoms with Gasteiger partial charge in [-0.2, -0.15) is 13.2 Å². The highest BCUT2D eigenvalue weighted by Crippen LogP contribution is 2.31. The Hall–Kier alpha value is -2.26. The average molecular weight is 300 g/mol. The first kappa shape index (κ1) is 15.1. The van der Waals surface area contributed by atoms with Gasteiger partial charge in [0, 0.05) is 24.0 Å². The largest absolute Gasteiger partial charge is 0.433 e. The third-order valence-corrected chi connectivity index (χ3v) is 2.44. The molecule has 0 bridgehead atoms. The van der Waals surface area contributed by atoms with Crippen molar-refractivity contribution in [1.29, 1.82) is 0 Å². The second-order valence-electron chi connectivity index (χ2n) is 3.80. The molecule has 9 heteroatoms. The highest BCUT2D eigenvalue weighted by atomic mass is 19.4. The molecule has 0 aromatic carbocycles. The molecular formula is C12H11F3N4O2. The molecule has 0 aliphatic heterocycles. The van der Waals surface area contributed by atoms with Gasteiger partial charge < -0.3 is 0 Å². The predicted molar refractivity (Wildman–Crippen MR) is 66.8 cm³/mol. The minimum absolute atomic E-state index is 0.132. The molecule has 0 saturated heterocycles. The third kappa shape index (κ3) is 3.44. The summed E-state index contributed by atoms with van der Waals surface area (Å²) in [5.74, 6) is -0.312. The van der Waals surface area contributed by atoms with E-state index >= 15 is 0 Å². The number of alkyl halides is 3.